The van der Waals surface area contributed by atoms with Crippen LogP contribution in [0.1, 0.15) is 24.0 Å². The first-order valence-corrected chi connectivity index (χ1v) is 7.22. The van der Waals surface area contributed by atoms with Crippen molar-refractivity contribution in [3.63, 3.8) is 0 Å². The molecule has 1 aromatic rings. The number of piperidine rings is 1. The number of ether oxygens (including phenoxy) is 1. The maximum absolute atomic E-state index is 8.74. The first-order chi connectivity index (χ1) is 9.81. The normalized spacial score (nSPS) is 19.4. The lowest BCUT2D eigenvalue weighted by atomic mass is 9.98. The van der Waals surface area contributed by atoms with Gasteiger partial charge < -0.3 is 9.84 Å². The van der Waals surface area contributed by atoms with E-state index in [1.54, 1.807) is 7.11 Å². The Morgan fingerprint density at radius 1 is 1.45 bits per heavy atom. The van der Waals surface area contributed by atoms with Crippen LogP contribution < -0.4 is 0 Å². The van der Waals surface area contributed by atoms with Crippen LogP contribution in [0.3, 0.4) is 0 Å². The van der Waals surface area contributed by atoms with Crippen LogP contribution in [0.4, 0.5) is 0 Å². The zero-order valence-electron chi connectivity index (χ0n) is 12.1. The van der Waals surface area contributed by atoms with Gasteiger partial charge in [-0.25, -0.2) is 0 Å². The SMILES string of the molecule is COCC1CCCN(Cc2cccc(C#CCO)c2)C1. The molecular formula is C17H23NO2. The van der Waals surface area contributed by atoms with Crippen molar-refractivity contribution >= 4 is 0 Å². The fourth-order valence-corrected chi connectivity index (χ4v) is 2.81. The molecule has 1 aliphatic heterocycles. The molecule has 1 fully saturated rings. The number of methoxy groups -OCH3 is 1. The molecule has 1 atom stereocenters. The highest BCUT2D eigenvalue weighted by molar-refractivity contribution is 5.37. The van der Waals surface area contributed by atoms with Gasteiger partial charge in [-0.1, -0.05) is 24.0 Å². The van der Waals surface area contributed by atoms with Gasteiger partial charge in [0.15, 0.2) is 0 Å². The predicted molar refractivity (Wildman–Crippen MR) is 80.3 cm³/mol. The molecular weight excluding hydrogens is 250 g/mol. The van der Waals surface area contributed by atoms with E-state index < -0.39 is 0 Å². The molecule has 3 nitrogen and oxygen atoms in total. The first kappa shape index (κ1) is 15.1. The second-order valence-electron chi connectivity index (χ2n) is 5.36. The molecule has 1 aromatic carbocycles. The molecule has 1 aliphatic rings. The van der Waals surface area contributed by atoms with E-state index in [9.17, 15) is 0 Å². The largest absolute Gasteiger partial charge is 0.384 e. The summed E-state index contributed by atoms with van der Waals surface area (Å²) in [6.45, 7) is 4.01. The van der Waals surface area contributed by atoms with Crippen molar-refractivity contribution in [2.24, 2.45) is 5.92 Å². The van der Waals surface area contributed by atoms with Gasteiger partial charge in [-0.15, -0.1) is 0 Å². The Morgan fingerprint density at radius 3 is 3.15 bits per heavy atom. The lowest BCUT2D eigenvalue weighted by Gasteiger charge is -2.32. The van der Waals surface area contributed by atoms with Crippen molar-refractivity contribution in [2.45, 2.75) is 19.4 Å². The maximum Gasteiger partial charge on any atom is 0.104 e. The minimum Gasteiger partial charge on any atom is -0.384 e. The lowest BCUT2D eigenvalue weighted by molar-refractivity contribution is 0.0874. The van der Waals surface area contributed by atoms with Crippen molar-refractivity contribution in [3.05, 3.63) is 35.4 Å². The molecule has 1 saturated heterocycles. The van der Waals surface area contributed by atoms with E-state index in [1.807, 2.05) is 12.1 Å². The van der Waals surface area contributed by atoms with Crippen LogP contribution in [0.15, 0.2) is 24.3 Å². The third-order valence-electron chi connectivity index (χ3n) is 3.65. The molecule has 0 saturated carbocycles. The molecule has 3 heteroatoms. The van der Waals surface area contributed by atoms with Crippen molar-refractivity contribution in [1.29, 1.82) is 0 Å². The summed E-state index contributed by atoms with van der Waals surface area (Å²) in [5.41, 5.74) is 2.26. The van der Waals surface area contributed by atoms with Gasteiger partial charge in [-0.3, -0.25) is 4.90 Å². The van der Waals surface area contributed by atoms with Crippen LogP contribution >= 0.6 is 0 Å². The number of hydrogen-bond donors (Lipinski definition) is 1. The van der Waals surface area contributed by atoms with Gasteiger partial charge in [0, 0.05) is 25.8 Å². The summed E-state index contributed by atoms with van der Waals surface area (Å²) >= 11 is 0. The first-order valence-electron chi connectivity index (χ1n) is 7.22. The molecule has 0 bridgehead atoms. The Kier molecular flexibility index (Phi) is 6.07. The second kappa shape index (κ2) is 8.06. The van der Waals surface area contributed by atoms with Crippen LogP contribution in [-0.2, 0) is 11.3 Å². The van der Waals surface area contributed by atoms with Crippen LogP contribution in [0.5, 0.6) is 0 Å². The Bertz CT molecular complexity index is 473. The van der Waals surface area contributed by atoms with Gasteiger partial charge in [0.2, 0.25) is 0 Å². The lowest BCUT2D eigenvalue weighted by Crippen LogP contribution is -2.36. The average molecular weight is 273 g/mol. The van der Waals surface area contributed by atoms with Gasteiger partial charge in [-0.2, -0.15) is 0 Å². The summed E-state index contributed by atoms with van der Waals surface area (Å²) in [4.78, 5) is 2.49. The van der Waals surface area contributed by atoms with E-state index in [-0.39, 0.29) is 6.61 Å². The van der Waals surface area contributed by atoms with Gasteiger partial charge in [0.25, 0.3) is 0 Å². The van der Waals surface area contributed by atoms with E-state index in [0.717, 1.165) is 31.8 Å². The third kappa shape index (κ3) is 4.64. The fourth-order valence-electron chi connectivity index (χ4n) is 2.81. The zero-order chi connectivity index (χ0) is 14.2. The third-order valence-corrected chi connectivity index (χ3v) is 3.65. The molecule has 2 rings (SSSR count). The number of aliphatic hydroxyl groups is 1. The number of nitrogens with zero attached hydrogens (tertiary/aromatic N) is 1. The van der Waals surface area contributed by atoms with Gasteiger partial charge in [0.05, 0.1) is 6.61 Å². The molecule has 0 amide bonds. The molecule has 20 heavy (non-hydrogen) atoms. The van der Waals surface area contributed by atoms with Gasteiger partial charge in [0.1, 0.15) is 6.61 Å². The Hall–Kier alpha value is -1.34. The monoisotopic (exact) mass is 273 g/mol. The van der Waals surface area contributed by atoms with Gasteiger partial charge >= 0.3 is 0 Å². The second-order valence-corrected chi connectivity index (χ2v) is 5.36. The molecule has 0 spiro atoms. The molecule has 0 aromatic heterocycles. The summed E-state index contributed by atoms with van der Waals surface area (Å²) in [5.74, 6) is 6.32. The number of aliphatic hydroxyl groups excluding tert-OH is 1. The van der Waals surface area contributed by atoms with E-state index >= 15 is 0 Å². The predicted octanol–water partition coefficient (Wildman–Crippen LogP) is 1.89. The van der Waals surface area contributed by atoms with Crippen molar-refractivity contribution in [3.8, 4) is 11.8 Å². The van der Waals surface area contributed by atoms with Crippen molar-refractivity contribution in [1.82, 2.24) is 4.90 Å². The fraction of sp³-hybridized carbons (Fsp3) is 0.529. The van der Waals surface area contributed by atoms with Crippen molar-refractivity contribution < 1.29 is 9.84 Å². The van der Waals surface area contributed by atoms with Crippen LogP contribution in [0.25, 0.3) is 0 Å². The average Bonchev–Trinajstić information content (AvgIpc) is 2.46. The van der Waals surface area contributed by atoms with E-state index in [0.29, 0.717) is 5.92 Å². The summed E-state index contributed by atoms with van der Waals surface area (Å²) in [6.07, 6.45) is 2.52. The van der Waals surface area contributed by atoms with Crippen LogP contribution in [-0.4, -0.2) is 43.4 Å². The van der Waals surface area contributed by atoms with Crippen molar-refractivity contribution in [2.75, 3.05) is 33.4 Å². The summed E-state index contributed by atoms with van der Waals surface area (Å²) in [7, 11) is 1.78. The number of likely N-dealkylation sites (tertiary alicyclic amines) is 1. The smallest absolute Gasteiger partial charge is 0.104 e. The van der Waals surface area contributed by atoms with Crippen LogP contribution in [0.2, 0.25) is 0 Å². The highest BCUT2D eigenvalue weighted by Crippen LogP contribution is 2.19. The molecule has 1 N–H and O–H groups in total. The molecule has 0 aliphatic carbocycles. The number of hydrogen-bond acceptors (Lipinski definition) is 3. The number of benzene rings is 1. The highest BCUT2D eigenvalue weighted by Gasteiger charge is 2.19. The zero-order valence-corrected chi connectivity index (χ0v) is 12.1. The summed E-state index contributed by atoms with van der Waals surface area (Å²) in [5, 5.41) is 8.74. The Labute approximate surface area is 121 Å². The van der Waals surface area contributed by atoms with E-state index in [4.69, 9.17) is 9.84 Å². The minimum absolute atomic E-state index is 0.0882. The molecule has 1 unspecified atom stereocenters. The van der Waals surface area contributed by atoms with Crippen LogP contribution in [0, 0.1) is 17.8 Å². The summed E-state index contributed by atoms with van der Waals surface area (Å²) in [6, 6.07) is 8.27. The summed E-state index contributed by atoms with van der Waals surface area (Å²) < 4.78 is 5.27. The Balaban J connectivity index is 1.95. The van der Waals surface area contributed by atoms with E-state index in [2.05, 4.69) is 28.9 Å². The van der Waals surface area contributed by atoms with Gasteiger partial charge in [-0.05, 0) is 43.0 Å². The molecule has 108 valence electrons. The number of rotatable bonds is 4. The topological polar surface area (TPSA) is 32.7 Å². The quantitative estimate of drug-likeness (QED) is 0.850. The Morgan fingerprint density at radius 2 is 2.35 bits per heavy atom. The maximum atomic E-state index is 8.74. The standard InChI is InChI=1S/C17H23NO2/c1-20-14-17-7-3-9-18(13-17)12-16-6-2-5-15(11-16)8-4-10-19/h2,5-6,11,17,19H,3,7,9-10,12-14H2,1H3. The van der Waals surface area contributed by atoms with E-state index in [1.165, 1.54) is 18.4 Å². The minimum atomic E-state index is -0.0882. The highest BCUT2D eigenvalue weighted by atomic mass is 16.5. The molecule has 0 radical (unpaired) electrons. The molecule has 1 heterocycles.